The average Bonchev–Trinajstić information content (AvgIpc) is 2.74. The van der Waals surface area contributed by atoms with Crippen LogP contribution >= 0.6 is 0 Å². The predicted molar refractivity (Wildman–Crippen MR) is 62.9 cm³/mol. The van der Waals surface area contributed by atoms with Gasteiger partial charge < -0.3 is 19.3 Å². The molecule has 0 aromatic carbocycles. The third-order valence-electron chi connectivity index (χ3n) is 3.02. The van der Waals surface area contributed by atoms with Crippen molar-refractivity contribution < 1.29 is 19.1 Å². The number of carboxylic acids is 1. The summed E-state index contributed by atoms with van der Waals surface area (Å²) in [5.41, 5.74) is 0.938. The number of hydrogen-bond acceptors (Lipinski definition) is 3. The average molecular weight is 252 g/mol. The maximum absolute atomic E-state index is 12.0. The summed E-state index contributed by atoms with van der Waals surface area (Å²) in [4.78, 5) is 25.7. The number of aliphatic carboxylic acids is 1. The quantitative estimate of drug-likeness (QED) is 0.874. The molecule has 0 atom stereocenters. The third kappa shape index (κ3) is 2.82. The first-order chi connectivity index (χ1) is 8.56. The van der Waals surface area contributed by atoms with Gasteiger partial charge in [0.05, 0.1) is 25.5 Å². The summed E-state index contributed by atoms with van der Waals surface area (Å²) in [5.74, 6) is -0.715. The minimum absolute atomic E-state index is 0.0714. The zero-order chi connectivity index (χ0) is 13.1. The van der Waals surface area contributed by atoms with E-state index in [1.165, 1.54) is 0 Å². The van der Waals surface area contributed by atoms with Crippen molar-refractivity contribution in [2.45, 2.75) is 13.0 Å². The van der Waals surface area contributed by atoms with Crippen LogP contribution < -0.4 is 0 Å². The second-order valence-corrected chi connectivity index (χ2v) is 4.64. The molecule has 0 saturated carbocycles. The Bertz CT molecular complexity index is 423. The molecule has 18 heavy (non-hydrogen) atoms. The monoisotopic (exact) mass is 252 g/mol. The Labute approximate surface area is 105 Å². The van der Waals surface area contributed by atoms with Crippen molar-refractivity contribution in [2.24, 2.45) is 5.92 Å². The van der Waals surface area contributed by atoms with Crippen LogP contribution in [0.1, 0.15) is 12.0 Å². The lowest BCUT2D eigenvalue weighted by molar-refractivity contribution is -0.139. The minimum Gasteiger partial charge on any atom is -0.481 e. The lowest BCUT2D eigenvalue weighted by atomic mass is 9.97. The maximum atomic E-state index is 12.0. The van der Waals surface area contributed by atoms with E-state index in [0.29, 0.717) is 19.6 Å². The zero-order valence-electron chi connectivity index (χ0n) is 10.2. The number of carbonyl (C=O) groups excluding carboxylic acids is 1. The van der Waals surface area contributed by atoms with Crippen LogP contribution in [-0.4, -0.2) is 47.0 Å². The van der Waals surface area contributed by atoms with Crippen LogP contribution in [0.4, 0.5) is 4.79 Å². The smallest absolute Gasteiger partial charge is 0.320 e. The highest BCUT2D eigenvalue weighted by atomic mass is 16.4. The van der Waals surface area contributed by atoms with E-state index in [1.54, 1.807) is 29.4 Å². The number of carboxylic acid groups (broad SMARTS) is 1. The molecular weight excluding hydrogens is 236 g/mol. The van der Waals surface area contributed by atoms with Crippen LogP contribution in [-0.2, 0) is 11.3 Å². The summed E-state index contributed by atoms with van der Waals surface area (Å²) in [6.07, 6.45) is 3.31. The molecule has 6 nitrogen and oxygen atoms in total. The van der Waals surface area contributed by atoms with Gasteiger partial charge in [-0.25, -0.2) is 4.79 Å². The Kier molecular flexibility index (Phi) is 3.55. The topological polar surface area (TPSA) is 74.0 Å². The SMILES string of the molecule is CN(Cc1ccoc1)C(=O)N1CC(CC(=O)O)C1. The van der Waals surface area contributed by atoms with Crippen molar-refractivity contribution in [1.82, 2.24) is 9.80 Å². The molecular formula is C12H16N2O4. The Morgan fingerprint density at radius 2 is 2.28 bits per heavy atom. The second-order valence-electron chi connectivity index (χ2n) is 4.64. The minimum atomic E-state index is -0.807. The van der Waals surface area contributed by atoms with Crippen molar-refractivity contribution in [3.63, 3.8) is 0 Å². The van der Waals surface area contributed by atoms with Gasteiger partial charge in [-0.15, -0.1) is 0 Å². The van der Waals surface area contributed by atoms with Gasteiger partial charge in [0.25, 0.3) is 0 Å². The van der Waals surface area contributed by atoms with E-state index in [2.05, 4.69) is 0 Å². The van der Waals surface area contributed by atoms with Gasteiger partial charge >= 0.3 is 12.0 Å². The van der Waals surface area contributed by atoms with Crippen LogP contribution in [0.5, 0.6) is 0 Å². The van der Waals surface area contributed by atoms with Gasteiger partial charge in [-0.05, 0) is 6.07 Å². The molecule has 0 bridgehead atoms. The van der Waals surface area contributed by atoms with E-state index in [9.17, 15) is 9.59 Å². The Hall–Kier alpha value is -1.98. The van der Waals surface area contributed by atoms with Crippen LogP contribution in [0.2, 0.25) is 0 Å². The fraction of sp³-hybridized carbons (Fsp3) is 0.500. The highest BCUT2D eigenvalue weighted by Crippen LogP contribution is 2.20. The molecule has 2 heterocycles. The molecule has 1 aromatic rings. The number of nitrogens with zero attached hydrogens (tertiary/aromatic N) is 2. The normalized spacial score (nSPS) is 15.3. The van der Waals surface area contributed by atoms with Crippen LogP contribution in [0, 0.1) is 5.92 Å². The Balaban J connectivity index is 1.77. The molecule has 2 amide bonds. The number of amides is 2. The maximum Gasteiger partial charge on any atom is 0.320 e. The van der Waals surface area contributed by atoms with E-state index in [1.807, 2.05) is 6.07 Å². The summed E-state index contributed by atoms with van der Waals surface area (Å²) >= 11 is 0. The van der Waals surface area contributed by atoms with E-state index in [0.717, 1.165) is 5.56 Å². The van der Waals surface area contributed by atoms with Gasteiger partial charge in [-0.2, -0.15) is 0 Å². The molecule has 0 radical (unpaired) electrons. The number of carbonyl (C=O) groups is 2. The lowest BCUT2D eigenvalue weighted by Gasteiger charge is -2.40. The molecule has 98 valence electrons. The number of hydrogen-bond donors (Lipinski definition) is 1. The molecule has 1 aromatic heterocycles. The van der Waals surface area contributed by atoms with E-state index >= 15 is 0 Å². The third-order valence-corrected chi connectivity index (χ3v) is 3.02. The van der Waals surface area contributed by atoms with Gasteiger partial charge in [0.15, 0.2) is 0 Å². The van der Waals surface area contributed by atoms with Crippen molar-refractivity contribution >= 4 is 12.0 Å². The molecule has 1 aliphatic heterocycles. The number of rotatable bonds is 4. The van der Waals surface area contributed by atoms with Crippen molar-refractivity contribution in [1.29, 1.82) is 0 Å². The molecule has 1 N–H and O–H groups in total. The van der Waals surface area contributed by atoms with Crippen molar-refractivity contribution in [3.8, 4) is 0 Å². The van der Waals surface area contributed by atoms with Gasteiger partial charge in [0.2, 0.25) is 0 Å². The second kappa shape index (κ2) is 5.12. The standard InChI is InChI=1S/C12H16N2O4/c1-13(5-9-2-3-18-8-9)12(17)14-6-10(7-14)4-11(15)16/h2-3,8,10H,4-7H2,1H3,(H,15,16). The highest BCUT2D eigenvalue weighted by molar-refractivity contribution is 5.75. The van der Waals surface area contributed by atoms with Crippen molar-refractivity contribution in [3.05, 3.63) is 24.2 Å². The molecule has 6 heteroatoms. The lowest BCUT2D eigenvalue weighted by Crippen LogP contribution is -2.54. The molecule has 2 rings (SSSR count). The Morgan fingerprint density at radius 3 is 2.83 bits per heavy atom. The molecule has 0 aliphatic carbocycles. The molecule has 0 spiro atoms. The number of urea groups is 1. The number of likely N-dealkylation sites (tertiary alicyclic amines) is 1. The van der Waals surface area contributed by atoms with E-state index in [-0.39, 0.29) is 18.4 Å². The van der Waals surface area contributed by atoms with E-state index in [4.69, 9.17) is 9.52 Å². The molecule has 0 unspecified atom stereocenters. The first-order valence-corrected chi connectivity index (χ1v) is 5.79. The highest BCUT2D eigenvalue weighted by Gasteiger charge is 2.33. The van der Waals surface area contributed by atoms with E-state index < -0.39 is 5.97 Å². The first kappa shape index (κ1) is 12.5. The molecule has 1 fully saturated rings. The van der Waals surface area contributed by atoms with Gasteiger partial charge in [-0.3, -0.25) is 4.79 Å². The first-order valence-electron chi connectivity index (χ1n) is 5.79. The predicted octanol–water partition coefficient (Wildman–Crippen LogP) is 1.24. The van der Waals surface area contributed by atoms with Gasteiger partial charge in [0.1, 0.15) is 0 Å². The Morgan fingerprint density at radius 1 is 1.56 bits per heavy atom. The van der Waals surface area contributed by atoms with Crippen LogP contribution in [0.25, 0.3) is 0 Å². The summed E-state index contributed by atoms with van der Waals surface area (Å²) < 4.78 is 4.94. The summed E-state index contributed by atoms with van der Waals surface area (Å²) in [7, 11) is 1.72. The number of furan rings is 1. The van der Waals surface area contributed by atoms with Crippen LogP contribution in [0.3, 0.4) is 0 Å². The zero-order valence-corrected chi connectivity index (χ0v) is 10.2. The van der Waals surface area contributed by atoms with Gasteiger partial charge in [-0.1, -0.05) is 0 Å². The molecule has 1 aliphatic rings. The fourth-order valence-electron chi connectivity index (χ4n) is 2.07. The van der Waals surface area contributed by atoms with Crippen LogP contribution in [0.15, 0.2) is 23.0 Å². The fourth-order valence-corrected chi connectivity index (χ4v) is 2.07. The largest absolute Gasteiger partial charge is 0.481 e. The van der Waals surface area contributed by atoms with Gasteiger partial charge in [0, 0.05) is 31.6 Å². The summed E-state index contributed by atoms with van der Waals surface area (Å²) in [5, 5.41) is 8.63. The molecule has 1 saturated heterocycles. The van der Waals surface area contributed by atoms with Crippen molar-refractivity contribution in [2.75, 3.05) is 20.1 Å². The summed E-state index contributed by atoms with van der Waals surface area (Å²) in [6, 6.07) is 1.74. The summed E-state index contributed by atoms with van der Waals surface area (Å²) in [6.45, 7) is 1.55.